The third-order valence-electron chi connectivity index (χ3n) is 3.70. The molecule has 0 radical (unpaired) electrons. The highest BCUT2D eigenvalue weighted by atomic mass is 32.2. The maximum absolute atomic E-state index is 10.3. The number of benzene rings is 2. The van der Waals surface area contributed by atoms with Crippen molar-refractivity contribution in [2.75, 3.05) is 25.1 Å². The maximum Gasteiger partial charge on any atom is 0.0914 e. The highest BCUT2D eigenvalue weighted by Crippen LogP contribution is 2.20. The average Bonchev–Trinajstić information content (AvgIpc) is 2.53. The van der Waals surface area contributed by atoms with E-state index in [2.05, 4.69) is 35.8 Å². The zero-order chi connectivity index (χ0) is 14.9. The molecule has 0 saturated carbocycles. The van der Waals surface area contributed by atoms with Gasteiger partial charge in [0.1, 0.15) is 0 Å². The second kappa shape index (κ2) is 9.08. The molecule has 114 valence electrons. The molecule has 2 N–H and O–H groups in total. The molecule has 21 heavy (non-hydrogen) atoms. The predicted molar refractivity (Wildman–Crippen MR) is 94.0 cm³/mol. The summed E-state index contributed by atoms with van der Waals surface area (Å²) in [5, 5.41) is 16.0. The van der Waals surface area contributed by atoms with E-state index in [0.717, 1.165) is 12.1 Å². The van der Waals surface area contributed by atoms with Crippen molar-refractivity contribution in [2.24, 2.45) is 0 Å². The van der Waals surface area contributed by atoms with Crippen molar-refractivity contribution in [1.82, 2.24) is 5.32 Å². The minimum Gasteiger partial charge on any atom is -0.387 e. The van der Waals surface area contributed by atoms with Gasteiger partial charge in [-0.2, -0.15) is 11.8 Å². The summed E-state index contributed by atoms with van der Waals surface area (Å²) in [5.41, 5.74) is 0.989. The number of fused-ring (bicyclic) bond motifs is 1. The van der Waals surface area contributed by atoms with Gasteiger partial charge in [-0.1, -0.05) is 42.8 Å². The zero-order valence-corrected chi connectivity index (χ0v) is 13.5. The fraction of sp³-hybridized carbons (Fsp3) is 0.444. The fourth-order valence-corrected chi connectivity index (χ4v) is 2.94. The number of thioether (sulfide) groups is 1. The highest BCUT2D eigenvalue weighted by molar-refractivity contribution is 7.98. The molecule has 0 spiro atoms. The Morgan fingerprint density at radius 3 is 2.67 bits per heavy atom. The van der Waals surface area contributed by atoms with Crippen LogP contribution in [-0.2, 0) is 0 Å². The molecule has 2 aromatic rings. The van der Waals surface area contributed by atoms with E-state index in [1.807, 2.05) is 30.0 Å². The summed E-state index contributed by atoms with van der Waals surface area (Å²) < 4.78 is 0. The van der Waals surface area contributed by atoms with E-state index >= 15 is 0 Å². The molecule has 0 aliphatic carbocycles. The first-order valence-electron chi connectivity index (χ1n) is 7.67. The fourth-order valence-electron chi connectivity index (χ4n) is 2.44. The van der Waals surface area contributed by atoms with Gasteiger partial charge in [0.15, 0.2) is 0 Å². The van der Waals surface area contributed by atoms with Crippen molar-refractivity contribution in [2.45, 2.75) is 25.4 Å². The van der Waals surface area contributed by atoms with Crippen LogP contribution in [0, 0.1) is 0 Å². The molecule has 0 aromatic heterocycles. The number of aliphatic hydroxyl groups excluding tert-OH is 1. The van der Waals surface area contributed by atoms with Crippen molar-refractivity contribution in [3.8, 4) is 0 Å². The topological polar surface area (TPSA) is 32.3 Å². The Kier molecular flexibility index (Phi) is 7.07. The Balaban J connectivity index is 1.75. The van der Waals surface area contributed by atoms with Gasteiger partial charge in [0.25, 0.3) is 0 Å². The molecular formula is C18H25NOS. The molecule has 2 aromatic carbocycles. The Hall–Kier alpha value is -1.03. The molecule has 2 rings (SSSR count). The third kappa shape index (κ3) is 5.34. The van der Waals surface area contributed by atoms with Crippen molar-refractivity contribution in [1.29, 1.82) is 0 Å². The summed E-state index contributed by atoms with van der Waals surface area (Å²) in [5.74, 6) is 1.25. The highest BCUT2D eigenvalue weighted by Gasteiger charge is 2.07. The van der Waals surface area contributed by atoms with Gasteiger partial charge in [-0.25, -0.2) is 0 Å². The van der Waals surface area contributed by atoms with Crippen LogP contribution in [0.25, 0.3) is 10.8 Å². The van der Waals surface area contributed by atoms with E-state index in [4.69, 9.17) is 0 Å². The van der Waals surface area contributed by atoms with E-state index in [-0.39, 0.29) is 0 Å². The third-order valence-corrected chi connectivity index (χ3v) is 4.39. The second-order valence-electron chi connectivity index (χ2n) is 5.38. The van der Waals surface area contributed by atoms with E-state index in [0.29, 0.717) is 6.54 Å². The minimum absolute atomic E-state index is 0.430. The van der Waals surface area contributed by atoms with Gasteiger partial charge < -0.3 is 10.4 Å². The SMILES string of the molecule is CSCCCCCNCC(O)c1ccc2ccccc2c1. The molecule has 0 aliphatic heterocycles. The van der Waals surface area contributed by atoms with E-state index in [9.17, 15) is 5.11 Å². The molecule has 1 unspecified atom stereocenters. The predicted octanol–water partition coefficient (Wildman–Crippen LogP) is 4.00. The normalized spacial score (nSPS) is 12.7. The van der Waals surface area contributed by atoms with Gasteiger partial charge in [0.2, 0.25) is 0 Å². The van der Waals surface area contributed by atoms with Gasteiger partial charge in [-0.3, -0.25) is 0 Å². The van der Waals surface area contributed by atoms with E-state index in [1.54, 1.807) is 0 Å². The summed E-state index contributed by atoms with van der Waals surface area (Å²) in [6.45, 7) is 1.61. The lowest BCUT2D eigenvalue weighted by atomic mass is 10.0. The summed E-state index contributed by atoms with van der Waals surface area (Å²) in [7, 11) is 0. The van der Waals surface area contributed by atoms with Gasteiger partial charge in [-0.05, 0) is 53.8 Å². The quantitative estimate of drug-likeness (QED) is 0.687. The van der Waals surface area contributed by atoms with Crippen LogP contribution in [-0.4, -0.2) is 30.2 Å². The van der Waals surface area contributed by atoms with Crippen LogP contribution >= 0.6 is 11.8 Å². The molecule has 1 atom stereocenters. The van der Waals surface area contributed by atoms with Crippen LogP contribution in [0.4, 0.5) is 0 Å². The van der Waals surface area contributed by atoms with Crippen LogP contribution in [0.5, 0.6) is 0 Å². The van der Waals surface area contributed by atoms with Gasteiger partial charge in [0.05, 0.1) is 6.10 Å². The Morgan fingerprint density at radius 1 is 1.05 bits per heavy atom. The van der Waals surface area contributed by atoms with Crippen LogP contribution in [0.1, 0.15) is 30.9 Å². The summed E-state index contributed by atoms with van der Waals surface area (Å²) in [6.07, 6.45) is 5.46. The standard InChI is InChI=1S/C18H25NOS/c1-21-12-6-2-5-11-19-14-18(20)17-10-9-15-7-3-4-8-16(15)13-17/h3-4,7-10,13,18-20H,2,5-6,11-12,14H2,1H3. The Morgan fingerprint density at radius 2 is 1.86 bits per heavy atom. The minimum atomic E-state index is -0.430. The number of hydrogen-bond donors (Lipinski definition) is 2. The number of rotatable bonds is 9. The van der Waals surface area contributed by atoms with Crippen molar-refractivity contribution < 1.29 is 5.11 Å². The molecule has 0 fully saturated rings. The van der Waals surface area contributed by atoms with E-state index in [1.165, 1.54) is 35.8 Å². The average molecular weight is 303 g/mol. The first-order chi connectivity index (χ1) is 10.3. The summed E-state index contributed by atoms with van der Waals surface area (Å²) >= 11 is 1.91. The van der Waals surface area contributed by atoms with Crippen LogP contribution in [0.15, 0.2) is 42.5 Å². The largest absolute Gasteiger partial charge is 0.387 e. The van der Waals surface area contributed by atoms with Crippen molar-refractivity contribution >= 4 is 22.5 Å². The zero-order valence-electron chi connectivity index (χ0n) is 12.7. The lowest BCUT2D eigenvalue weighted by Gasteiger charge is -2.13. The Labute approximate surface area is 131 Å². The number of unbranched alkanes of at least 4 members (excludes halogenated alkanes) is 2. The first-order valence-corrected chi connectivity index (χ1v) is 9.07. The van der Waals surface area contributed by atoms with Crippen LogP contribution < -0.4 is 5.32 Å². The Bertz CT molecular complexity index is 543. The lowest BCUT2D eigenvalue weighted by Crippen LogP contribution is -2.22. The number of nitrogens with one attached hydrogen (secondary N) is 1. The maximum atomic E-state index is 10.3. The molecule has 0 saturated heterocycles. The van der Waals surface area contributed by atoms with Crippen molar-refractivity contribution in [3.63, 3.8) is 0 Å². The number of aliphatic hydroxyl groups is 1. The molecule has 0 aliphatic rings. The summed E-state index contributed by atoms with van der Waals surface area (Å²) in [6, 6.07) is 14.4. The first kappa shape index (κ1) is 16.3. The smallest absolute Gasteiger partial charge is 0.0914 e. The molecule has 2 nitrogen and oxygen atoms in total. The van der Waals surface area contributed by atoms with Gasteiger partial charge in [0, 0.05) is 6.54 Å². The molecule has 0 bridgehead atoms. The number of hydrogen-bond acceptors (Lipinski definition) is 3. The molecule has 3 heteroatoms. The van der Waals surface area contributed by atoms with Crippen LogP contribution in [0.3, 0.4) is 0 Å². The van der Waals surface area contributed by atoms with Crippen LogP contribution in [0.2, 0.25) is 0 Å². The van der Waals surface area contributed by atoms with Gasteiger partial charge in [-0.15, -0.1) is 0 Å². The molecular weight excluding hydrogens is 278 g/mol. The summed E-state index contributed by atoms with van der Waals surface area (Å²) in [4.78, 5) is 0. The molecule has 0 amide bonds. The van der Waals surface area contributed by atoms with E-state index < -0.39 is 6.10 Å². The van der Waals surface area contributed by atoms with Gasteiger partial charge >= 0.3 is 0 Å². The molecule has 0 heterocycles. The second-order valence-corrected chi connectivity index (χ2v) is 6.37. The monoisotopic (exact) mass is 303 g/mol. The van der Waals surface area contributed by atoms with Crippen molar-refractivity contribution in [3.05, 3.63) is 48.0 Å². The lowest BCUT2D eigenvalue weighted by molar-refractivity contribution is 0.175.